The third-order valence-corrected chi connectivity index (χ3v) is 3.18. The second-order valence-corrected chi connectivity index (χ2v) is 4.69. The average Bonchev–Trinajstić information content (AvgIpc) is 2.60. The maximum Gasteiger partial charge on any atom is 0.324 e. The van der Waals surface area contributed by atoms with E-state index in [0.29, 0.717) is 15.6 Å². The monoisotopic (exact) mass is 288 g/mol. The highest BCUT2D eigenvalue weighted by Gasteiger charge is 2.30. The van der Waals surface area contributed by atoms with E-state index in [1.54, 1.807) is 12.1 Å². The molecule has 1 unspecified atom stereocenters. The van der Waals surface area contributed by atoms with E-state index in [1.165, 1.54) is 6.07 Å². The zero-order valence-corrected chi connectivity index (χ0v) is 10.7. The molecule has 96 valence electrons. The van der Waals surface area contributed by atoms with Crippen LogP contribution in [-0.4, -0.2) is 35.0 Å². The molecule has 0 bridgehead atoms. The van der Waals surface area contributed by atoms with Gasteiger partial charge < -0.3 is 10.4 Å². The maximum atomic E-state index is 11.4. The molecule has 1 fully saturated rings. The van der Waals surface area contributed by atoms with E-state index >= 15 is 0 Å². The Kier molecular flexibility index (Phi) is 3.75. The highest BCUT2D eigenvalue weighted by molar-refractivity contribution is 6.35. The highest BCUT2D eigenvalue weighted by Crippen LogP contribution is 2.27. The van der Waals surface area contributed by atoms with Gasteiger partial charge in [0, 0.05) is 15.6 Å². The number of rotatable bonds is 3. The minimum Gasteiger partial charge on any atom is -0.386 e. The fourth-order valence-corrected chi connectivity index (χ4v) is 2.22. The van der Waals surface area contributed by atoms with E-state index in [2.05, 4.69) is 5.32 Å². The number of carbonyl (C=O) groups excluding carboxylic acids is 2. The Balaban J connectivity index is 2.14. The first kappa shape index (κ1) is 13.1. The summed E-state index contributed by atoms with van der Waals surface area (Å²) in [6, 6.07) is 4.13. The molecule has 0 saturated carbocycles. The van der Waals surface area contributed by atoms with Crippen molar-refractivity contribution in [2.45, 2.75) is 6.10 Å². The van der Waals surface area contributed by atoms with Crippen molar-refractivity contribution in [2.75, 3.05) is 13.1 Å². The van der Waals surface area contributed by atoms with Crippen molar-refractivity contribution in [1.82, 2.24) is 10.2 Å². The molecule has 2 N–H and O–H groups in total. The molecule has 5 nitrogen and oxygen atoms in total. The summed E-state index contributed by atoms with van der Waals surface area (Å²) in [5.74, 6) is -0.371. The number of halogens is 2. The number of amides is 3. The third-order valence-electron chi connectivity index (χ3n) is 2.61. The summed E-state index contributed by atoms with van der Waals surface area (Å²) in [6.07, 6.45) is -1.04. The number of urea groups is 1. The molecular weight excluding hydrogens is 279 g/mol. The molecule has 1 atom stereocenters. The number of aliphatic hydroxyl groups excluding tert-OH is 1. The van der Waals surface area contributed by atoms with Crippen LogP contribution in [0.2, 0.25) is 10.0 Å². The maximum absolute atomic E-state index is 11.4. The van der Waals surface area contributed by atoms with Gasteiger partial charge in [0.05, 0.1) is 19.2 Å². The SMILES string of the molecule is O=C1CNC(=O)N1CC(O)c1ccc(Cl)cc1Cl. The fourth-order valence-electron chi connectivity index (χ4n) is 1.68. The molecule has 1 saturated heterocycles. The Labute approximate surface area is 113 Å². The van der Waals surface area contributed by atoms with E-state index < -0.39 is 12.1 Å². The van der Waals surface area contributed by atoms with E-state index in [4.69, 9.17) is 23.2 Å². The molecule has 0 radical (unpaired) electrons. The van der Waals surface area contributed by atoms with Gasteiger partial charge in [0.15, 0.2) is 0 Å². The minimum atomic E-state index is -1.04. The normalized spacial score (nSPS) is 16.9. The summed E-state index contributed by atoms with van der Waals surface area (Å²) in [4.78, 5) is 23.6. The number of hydrogen-bond donors (Lipinski definition) is 2. The lowest BCUT2D eigenvalue weighted by Gasteiger charge is -2.18. The Morgan fingerprint density at radius 3 is 2.67 bits per heavy atom. The summed E-state index contributed by atoms with van der Waals surface area (Å²) in [6.45, 7) is -0.175. The van der Waals surface area contributed by atoms with Gasteiger partial charge in [-0.15, -0.1) is 0 Å². The largest absolute Gasteiger partial charge is 0.386 e. The number of nitrogens with one attached hydrogen (secondary N) is 1. The standard InChI is InChI=1S/C11H10Cl2N2O3/c12-6-1-2-7(8(13)3-6)9(16)5-15-10(17)4-14-11(15)18/h1-3,9,16H,4-5H2,(H,14,18). The first-order valence-corrected chi connectivity index (χ1v) is 5.96. The molecule has 7 heteroatoms. The van der Waals surface area contributed by atoms with Crippen LogP contribution in [0.3, 0.4) is 0 Å². The molecule has 1 aromatic rings. The lowest BCUT2D eigenvalue weighted by atomic mass is 10.1. The summed E-state index contributed by atoms with van der Waals surface area (Å²) < 4.78 is 0. The van der Waals surface area contributed by atoms with Gasteiger partial charge in [-0.1, -0.05) is 29.3 Å². The molecule has 1 aliphatic heterocycles. The number of β-amino-alcohol motifs (C(OH)–C–C–N with tert-alkyl or cyclic N) is 1. The molecule has 0 spiro atoms. The number of carbonyl (C=O) groups is 2. The van der Waals surface area contributed by atoms with Gasteiger partial charge in [-0.3, -0.25) is 9.69 Å². The molecular formula is C11H10Cl2N2O3. The number of nitrogens with zero attached hydrogens (tertiary/aromatic N) is 1. The van der Waals surface area contributed by atoms with Crippen molar-refractivity contribution < 1.29 is 14.7 Å². The highest BCUT2D eigenvalue weighted by atomic mass is 35.5. The molecule has 3 amide bonds. The van der Waals surface area contributed by atoms with E-state index in [1.807, 2.05) is 0 Å². The van der Waals surface area contributed by atoms with Crippen LogP contribution in [0.5, 0.6) is 0 Å². The van der Waals surface area contributed by atoms with Crippen LogP contribution in [0.15, 0.2) is 18.2 Å². The van der Waals surface area contributed by atoms with Crippen molar-refractivity contribution in [1.29, 1.82) is 0 Å². The second-order valence-electron chi connectivity index (χ2n) is 3.84. The van der Waals surface area contributed by atoms with Crippen molar-refractivity contribution >= 4 is 35.1 Å². The Bertz CT molecular complexity index is 491. The average molecular weight is 289 g/mol. The van der Waals surface area contributed by atoms with Crippen LogP contribution >= 0.6 is 23.2 Å². The molecule has 2 rings (SSSR count). The van der Waals surface area contributed by atoms with Crippen molar-refractivity contribution in [3.63, 3.8) is 0 Å². The second kappa shape index (κ2) is 5.14. The smallest absolute Gasteiger partial charge is 0.324 e. The van der Waals surface area contributed by atoms with Gasteiger partial charge in [0.25, 0.3) is 0 Å². The lowest BCUT2D eigenvalue weighted by molar-refractivity contribution is -0.126. The van der Waals surface area contributed by atoms with E-state index in [9.17, 15) is 14.7 Å². The quantitative estimate of drug-likeness (QED) is 0.830. The predicted octanol–water partition coefficient (Wildman–Crippen LogP) is 1.58. The fraction of sp³-hybridized carbons (Fsp3) is 0.273. The van der Waals surface area contributed by atoms with Crippen LogP contribution in [-0.2, 0) is 4.79 Å². The molecule has 1 aromatic carbocycles. The summed E-state index contributed by atoms with van der Waals surface area (Å²) >= 11 is 11.7. The Morgan fingerprint density at radius 2 is 2.11 bits per heavy atom. The molecule has 18 heavy (non-hydrogen) atoms. The van der Waals surface area contributed by atoms with Gasteiger partial charge in [-0.2, -0.15) is 0 Å². The Hall–Kier alpha value is -1.30. The number of benzene rings is 1. The minimum absolute atomic E-state index is 0.0418. The zero-order chi connectivity index (χ0) is 13.3. The van der Waals surface area contributed by atoms with Crippen molar-refractivity contribution in [2.24, 2.45) is 0 Å². The van der Waals surface area contributed by atoms with Crippen molar-refractivity contribution in [3.8, 4) is 0 Å². The predicted molar refractivity (Wildman–Crippen MR) is 66.5 cm³/mol. The summed E-state index contributed by atoms with van der Waals surface area (Å²) in [5, 5.41) is 13.1. The van der Waals surface area contributed by atoms with Crippen LogP contribution in [0.4, 0.5) is 4.79 Å². The van der Waals surface area contributed by atoms with E-state index in [-0.39, 0.29) is 19.0 Å². The van der Waals surface area contributed by atoms with Crippen LogP contribution in [0, 0.1) is 0 Å². The number of aliphatic hydroxyl groups is 1. The van der Waals surface area contributed by atoms with Crippen LogP contribution in [0.25, 0.3) is 0 Å². The molecule has 0 aliphatic carbocycles. The van der Waals surface area contributed by atoms with Gasteiger partial charge in [0.2, 0.25) is 5.91 Å². The Morgan fingerprint density at radius 1 is 1.39 bits per heavy atom. The van der Waals surface area contributed by atoms with Gasteiger partial charge in [-0.25, -0.2) is 4.79 Å². The number of imide groups is 1. The van der Waals surface area contributed by atoms with Gasteiger partial charge in [-0.05, 0) is 12.1 Å². The van der Waals surface area contributed by atoms with E-state index in [0.717, 1.165) is 4.90 Å². The molecule has 0 aromatic heterocycles. The number of hydrogen-bond acceptors (Lipinski definition) is 3. The summed E-state index contributed by atoms with van der Waals surface area (Å²) in [5.41, 5.74) is 0.425. The van der Waals surface area contributed by atoms with Gasteiger partial charge >= 0.3 is 6.03 Å². The first-order chi connectivity index (χ1) is 8.49. The topological polar surface area (TPSA) is 69.6 Å². The summed E-state index contributed by atoms with van der Waals surface area (Å²) in [7, 11) is 0. The lowest BCUT2D eigenvalue weighted by Crippen LogP contribution is -2.34. The van der Waals surface area contributed by atoms with Crippen molar-refractivity contribution in [3.05, 3.63) is 33.8 Å². The van der Waals surface area contributed by atoms with Crippen LogP contribution in [0.1, 0.15) is 11.7 Å². The zero-order valence-electron chi connectivity index (χ0n) is 9.19. The third kappa shape index (κ3) is 2.58. The van der Waals surface area contributed by atoms with Crippen LogP contribution < -0.4 is 5.32 Å². The first-order valence-electron chi connectivity index (χ1n) is 5.20. The van der Waals surface area contributed by atoms with Gasteiger partial charge in [0.1, 0.15) is 0 Å². The molecule has 1 heterocycles. The molecule has 1 aliphatic rings.